The highest BCUT2D eigenvalue weighted by atomic mass is 16.5. The number of hydrogen-bond donors (Lipinski definition) is 2. The summed E-state index contributed by atoms with van der Waals surface area (Å²) in [6, 6.07) is 1.80. The van der Waals surface area contributed by atoms with Gasteiger partial charge >= 0.3 is 0 Å². The number of aliphatic hydroxyl groups is 1. The first-order valence-corrected chi connectivity index (χ1v) is 5.92. The molecule has 0 amide bonds. The van der Waals surface area contributed by atoms with E-state index in [0.717, 1.165) is 18.7 Å². The average molecular weight is 237 g/mol. The third-order valence-corrected chi connectivity index (χ3v) is 3.26. The minimum atomic E-state index is 0.250. The maximum Gasteiger partial charge on any atom is 0.226 e. The SMILES string of the molecule is COc1cc(C)nc(NCC2(CCO)CC2)n1. The van der Waals surface area contributed by atoms with Gasteiger partial charge < -0.3 is 15.2 Å². The molecule has 0 atom stereocenters. The van der Waals surface area contributed by atoms with Gasteiger partial charge in [-0.3, -0.25) is 0 Å². The van der Waals surface area contributed by atoms with Gasteiger partial charge in [0.15, 0.2) is 0 Å². The van der Waals surface area contributed by atoms with Crippen LogP contribution in [0.3, 0.4) is 0 Å². The van der Waals surface area contributed by atoms with E-state index in [1.807, 2.05) is 6.92 Å². The van der Waals surface area contributed by atoms with E-state index in [1.165, 1.54) is 12.8 Å². The molecule has 17 heavy (non-hydrogen) atoms. The van der Waals surface area contributed by atoms with Crippen molar-refractivity contribution in [2.24, 2.45) is 5.41 Å². The molecule has 0 bridgehead atoms. The van der Waals surface area contributed by atoms with Gasteiger partial charge in [-0.05, 0) is 31.6 Å². The summed E-state index contributed by atoms with van der Waals surface area (Å²) in [5, 5.41) is 12.2. The zero-order valence-corrected chi connectivity index (χ0v) is 10.4. The van der Waals surface area contributed by atoms with Crippen LogP contribution in [0.1, 0.15) is 25.0 Å². The lowest BCUT2D eigenvalue weighted by Crippen LogP contribution is -2.18. The van der Waals surface area contributed by atoms with E-state index in [1.54, 1.807) is 13.2 Å². The van der Waals surface area contributed by atoms with E-state index in [2.05, 4.69) is 15.3 Å². The quantitative estimate of drug-likeness (QED) is 0.782. The van der Waals surface area contributed by atoms with E-state index in [4.69, 9.17) is 9.84 Å². The van der Waals surface area contributed by atoms with Gasteiger partial charge in [0.2, 0.25) is 11.8 Å². The number of aliphatic hydroxyl groups excluding tert-OH is 1. The van der Waals surface area contributed by atoms with Crippen LogP contribution in [0.15, 0.2) is 6.07 Å². The fourth-order valence-corrected chi connectivity index (χ4v) is 1.92. The Bertz CT molecular complexity index is 391. The van der Waals surface area contributed by atoms with Crippen LogP contribution in [0.25, 0.3) is 0 Å². The molecule has 1 aliphatic carbocycles. The van der Waals surface area contributed by atoms with Crippen LogP contribution in [0.2, 0.25) is 0 Å². The highest BCUT2D eigenvalue weighted by Gasteiger charge is 2.41. The van der Waals surface area contributed by atoms with Crippen molar-refractivity contribution in [1.82, 2.24) is 9.97 Å². The molecule has 0 unspecified atom stereocenters. The second-order valence-electron chi connectivity index (χ2n) is 4.70. The predicted octanol–water partition coefficient (Wildman–Crippen LogP) is 1.37. The number of aromatic nitrogens is 2. The second-order valence-corrected chi connectivity index (χ2v) is 4.70. The van der Waals surface area contributed by atoms with Crippen LogP contribution in [-0.2, 0) is 0 Å². The first-order valence-electron chi connectivity index (χ1n) is 5.92. The van der Waals surface area contributed by atoms with Crippen molar-refractivity contribution in [3.63, 3.8) is 0 Å². The Morgan fingerprint density at radius 1 is 1.47 bits per heavy atom. The number of ether oxygens (including phenoxy) is 1. The minimum absolute atomic E-state index is 0.250. The fraction of sp³-hybridized carbons (Fsp3) is 0.667. The normalized spacial score (nSPS) is 16.6. The molecule has 2 N–H and O–H groups in total. The molecule has 1 heterocycles. The molecule has 1 fully saturated rings. The second kappa shape index (κ2) is 4.87. The van der Waals surface area contributed by atoms with Crippen LogP contribution in [0.5, 0.6) is 5.88 Å². The van der Waals surface area contributed by atoms with Crippen molar-refractivity contribution >= 4 is 5.95 Å². The van der Waals surface area contributed by atoms with Crippen LogP contribution >= 0.6 is 0 Å². The highest BCUT2D eigenvalue weighted by molar-refractivity contribution is 5.31. The van der Waals surface area contributed by atoms with Crippen molar-refractivity contribution in [2.45, 2.75) is 26.2 Å². The van der Waals surface area contributed by atoms with Gasteiger partial charge in [-0.25, -0.2) is 4.98 Å². The van der Waals surface area contributed by atoms with Gasteiger partial charge in [0, 0.05) is 24.9 Å². The molecular formula is C12H19N3O2. The number of aryl methyl sites for hydroxylation is 1. The average Bonchev–Trinajstić information content (AvgIpc) is 3.07. The molecule has 2 rings (SSSR count). The number of nitrogens with one attached hydrogen (secondary N) is 1. The summed E-state index contributed by atoms with van der Waals surface area (Å²) < 4.78 is 5.10. The van der Waals surface area contributed by atoms with E-state index >= 15 is 0 Å². The third-order valence-electron chi connectivity index (χ3n) is 3.26. The number of rotatable bonds is 6. The summed E-state index contributed by atoms with van der Waals surface area (Å²) in [7, 11) is 1.60. The topological polar surface area (TPSA) is 67.3 Å². The number of methoxy groups -OCH3 is 1. The van der Waals surface area contributed by atoms with Gasteiger partial charge in [-0.2, -0.15) is 4.98 Å². The lowest BCUT2D eigenvalue weighted by molar-refractivity contribution is 0.253. The molecule has 0 aliphatic heterocycles. The Balaban J connectivity index is 1.97. The Labute approximate surface area is 101 Å². The Kier molecular flexibility index (Phi) is 3.47. The van der Waals surface area contributed by atoms with Gasteiger partial charge in [0.05, 0.1) is 7.11 Å². The van der Waals surface area contributed by atoms with Gasteiger partial charge in [0.25, 0.3) is 0 Å². The zero-order chi connectivity index (χ0) is 12.3. The third kappa shape index (κ3) is 3.06. The lowest BCUT2D eigenvalue weighted by atomic mass is 10.0. The van der Waals surface area contributed by atoms with E-state index in [-0.39, 0.29) is 12.0 Å². The van der Waals surface area contributed by atoms with Crippen molar-refractivity contribution in [3.8, 4) is 5.88 Å². The molecule has 94 valence electrons. The van der Waals surface area contributed by atoms with E-state index < -0.39 is 0 Å². The first kappa shape index (κ1) is 12.1. The van der Waals surface area contributed by atoms with E-state index in [0.29, 0.717) is 11.8 Å². The van der Waals surface area contributed by atoms with Crippen molar-refractivity contribution in [3.05, 3.63) is 11.8 Å². The highest BCUT2D eigenvalue weighted by Crippen LogP contribution is 2.48. The predicted molar refractivity (Wildman–Crippen MR) is 65.2 cm³/mol. The molecular weight excluding hydrogens is 218 g/mol. The molecule has 0 spiro atoms. The monoisotopic (exact) mass is 237 g/mol. The van der Waals surface area contributed by atoms with Crippen LogP contribution in [-0.4, -0.2) is 35.3 Å². The van der Waals surface area contributed by atoms with Crippen molar-refractivity contribution < 1.29 is 9.84 Å². The van der Waals surface area contributed by atoms with Gasteiger partial charge in [-0.1, -0.05) is 0 Å². The van der Waals surface area contributed by atoms with Crippen LogP contribution in [0.4, 0.5) is 5.95 Å². The number of hydrogen-bond acceptors (Lipinski definition) is 5. The van der Waals surface area contributed by atoms with Gasteiger partial charge in [-0.15, -0.1) is 0 Å². The molecule has 1 aromatic rings. The molecule has 0 aromatic carbocycles. The van der Waals surface area contributed by atoms with E-state index in [9.17, 15) is 0 Å². The lowest BCUT2D eigenvalue weighted by Gasteiger charge is -2.14. The summed E-state index contributed by atoms with van der Waals surface area (Å²) >= 11 is 0. The summed E-state index contributed by atoms with van der Waals surface area (Å²) in [6.07, 6.45) is 3.19. The Morgan fingerprint density at radius 2 is 2.24 bits per heavy atom. The number of nitrogens with zero attached hydrogens (tertiary/aromatic N) is 2. The molecule has 0 saturated heterocycles. The van der Waals surface area contributed by atoms with Gasteiger partial charge in [0.1, 0.15) is 0 Å². The smallest absolute Gasteiger partial charge is 0.226 e. The Hall–Kier alpha value is -1.36. The van der Waals surface area contributed by atoms with Crippen molar-refractivity contribution in [1.29, 1.82) is 0 Å². The molecule has 1 aliphatic rings. The molecule has 0 radical (unpaired) electrons. The molecule has 5 heteroatoms. The zero-order valence-electron chi connectivity index (χ0n) is 10.4. The van der Waals surface area contributed by atoms with Crippen LogP contribution < -0.4 is 10.1 Å². The summed E-state index contributed by atoms with van der Waals surface area (Å²) in [5.74, 6) is 1.18. The molecule has 1 aromatic heterocycles. The maximum atomic E-state index is 8.99. The standard InChI is InChI=1S/C12H19N3O2/c1-9-7-10(17-2)15-11(14-9)13-8-12(3-4-12)5-6-16/h7,16H,3-6,8H2,1-2H3,(H,13,14,15). The first-order chi connectivity index (χ1) is 8.17. The number of anilines is 1. The minimum Gasteiger partial charge on any atom is -0.481 e. The van der Waals surface area contributed by atoms with Crippen LogP contribution in [0, 0.1) is 12.3 Å². The molecule has 1 saturated carbocycles. The summed E-state index contributed by atoms with van der Waals surface area (Å²) in [5.41, 5.74) is 1.14. The fourth-order valence-electron chi connectivity index (χ4n) is 1.92. The largest absolute Gasteiger partial charge is 0.481 e. The summed E-state index contributed by atoms with van der Waals surface area (Å²) in [6.45, 7) is 2.98. The molecule has 5 nitrogen and oxygen atoms in total. The summed E-state index contributed by atoms with van der Waals surface area (Å²) in [4.78, 5) is 8.54. The maximum absolute atomic E-state index is 8.99. The Morgan fingerprint density at radius 3 is 2.82 bits per heavy atom. The van der Waals surface area contributed by atoms with Crippen molar-refractivity contribution in [2.75, 3.05) is 25.6 Å².